The summed E-state index contributed by atoms with van der Waals surface area (Å²) in [6.07, 6.45) is -4.48. The van der Waals surface area contributed by atoms with Crippen LogP contribution in [0.15, 0.2) is 36.4 Å². The van der Waals surface area contributed by atoms with Gasteiger partial charge in [-0.15, -0.1) is 0 Å². The summed E-state index contributed by atoms with van der Waals surface area (Å²) in [6, 6.07) is 7.41. The zero-order chi connectivity index (χ0) is 17.9. The molecule has 0 bridgehead atoms. The van der Waals surface area contributed by atoms with Crippen LogP contribution in [0.5, 0.6) is 5.75 Å². The van der Waals surface area contributed by atoms with Gasteiger partial charge >= 0.3 is 6.18 Å². The third-order valence-corrected chi connectivity index (χ3v) is 3.51. The molecule has 0 aliphatic carbocycles. The van der Waals surface area contributed by atoms with Crippen molar-refractivity contribution < 1.29 is 22.7 Å². The number of alkyl halides is 3. The second-order valence-corrected chi connectivity index (χ2v) is 5.79. The topological polar surface area (TPSA) is 38.3 Å². The lowest BCUT2D eigenvalue weighted by atomic mass is 10.2. The van der Waals surface area contributed by atoms with Crippen molar-refractivity contribution in [3.05, 3.63) is 57.6 Å². The molecule has 0 fully saturated rings. The predicted molar refractivity (Wildman–Crippen MR) is 86.8 cm³/mol. The lowest BCUT2D eigenvalue weighted by Gasteiger charge is -2.12. The van der Waals surface area contributed by atoms with E-state index in [1.54, 1.807) is 13.0 Å². The van der Waals surface area contributed by atoms with E-state index in [0.717, 1.165) is 12.1 Å². The summed E-state index contributed by atoms with van der Waals surface area (Å²) in [5.41, 5.74) is -0.186. The summed E-state index contributed by atoms with van der Waals surface area (Å²) in [7, 11) is 0. The largest absolute Gasteiger partial charge is 0.482 e. The van der Waals surface area contributed by atoms with Crippen LogP contribution in [0.2, 0.25) is 10.0 Å². The number of rotatable bonds is 4. The van der Waals surface area contributed by atoms with Crippen molar-refractivity contribution in [1.82, 2.24) is 0 Å². The molecule has 8 heteroatoms. The minimum absolute atomic E-state index is 0.0253. The maximum atomic E-state index is 12.6. The van der Waals surface area contributed by atoms with Gasteiger partial charge in [-0.1, -0.05) is 29.3 Å². The normalized spacial score (nSPS) is 11.2. The number of halogens is 5. The van der Waals surface area contributed by atoms with Crippen molar-refractivity contribution in [2.45, 2.75) is 13.1 Å². The molecule has 128 valence electrons. The highest BCUT2D eigenvalue weighted by Gasteiger charge is 2.30. The summed E-state index contributed by atoms with van der Waals surface area (Å²) < 4.78 is 43.2. The maximum Gasteiger partial charge on any atom is 0.416 e. The molecule has 0 unspecified atom stereocenters. The van der Waals surface area contributed by atoms with Gasteiger partial charge in [-0.3, -0.25) is 4.79 Å². The second-order valence-electron chi connectivity index (χ2n) is 4.95. The summed E-state index contributed by atoms with van der Waals surface area (Å²) in [5.74, 6) is -0.319. The quantitative estimate of drug-likeness (QED) is 0.780. The number of ether oxygens (including phenoxy) is 1. The van der Waals surface area contributed by atoms with Crippen molar-refractivity contribution in [3.63, 3.8) is 0 Å². The van der Waals surface area contributed by atoms with E-state index in [2.05, 4.69) is 5.32 Å². The summed E-state index contributed by atoms with van der Waals surface area (Å²) in [4.78, 5) is 11.8. The zero-order valence-corrected chi connectivity index (χ0v) is 13.9. The molecule has 0 aromatic heterocycles. The predicted octanol–water partition coefficient (Wildman–Crippen LogP) is 5.34. The fourth-order valence-electron chi connectivity index (χ4n) is 1.98. The highest BCUT2D eigenvalue weighted by atomic mass is 35.5. The summed E-state index contributed by atoms with van der Waals surface area (Å²) in [6.45, 7) is 1.30. The first-order chi connectivity index (χ1) is 11.2. The van der Waals surface area contributed by atoms with Gasteiger partial charge in [0, 0.05) is 10.7 Å². The molecule has 0 atom stereocenters. The van der Waals surface area contributed by atoms with Crippen LogP contribution in [0.3, 0.4) is 0 Å². The minimum Gasteiger partial charge on any atom is -0.482 e. The number of carbonyl (C=O) groups excluding carboxylic acids is 1. The number of amides is 1. The molecule has 0 saturated carbocycles. The average Bonchev–Trinajstić information content (AvgIpc) is 2.45. The standard InChI is InChI=1S/C16H12Cl2F3NO2/c1-9-5-11(17)7-13(18)15(9)24-8-14(23)22-12-4-2-3-10(6-12)16(19,20)21/h2-7H,8H2,1H3,(H,22,23). The first kappa shape index (κ1) is 18.4. The van der Waals surface area contributed by atoms with Crippen molar-refractivity contribution in [1.29, 1.82) is 0 Å². The van der Waals surface area contributed by atoms with Crippen LogP contribution in [0.4, 0.5) is 18.9 Å². The molecule has 0 radical (unpaired) electrons. The van der Waals surface area contributed by atoms with E-state index in [4.69, 9.17) is 27.9 Å². The van der Waals surface area contributed by atoms with Crippen LogP contribution < -0.4 is 10.1 Å². The van der Waals surface area contributed by atoms with Crippen molar-refractivity contribution in [3.8, 4) is 5.75 Å². The van der Waals surface area contributed by atoms with E-state index < -0.39 is 24.3 Å². The van der Waals surface area contributed by atoms with Gasteiger partial charge in [0.1, 0.15) is 5.75 Å². The average molecular weight is 378 g/mol. The van der Waals surface area contributed by atoms with Gasteiger partial charge in [0.25, 0.3) is 5.91 Å². The third-order valence-electron chi connectivity index (χ3n) is 3.02. The van der Waals surface area contributed by atoms with E-state index in [1.807, 2.05) is 0 Å². The molecular weight excluding hydrogens is 366 g/mol. The molecule has 0 heterocycles. The Balaban J connectivity index is 2.02. The molecule has 0 aliphatic heterocycles. The number of aryl methyl sites for hydroxylation is 1. The molecule has 0 aliphatic rings. The number of nitrogens with one attached hydrogen (secondary N) is 1. The van der Waals surface area contributed by atoms with E-state index >= 15 is 0 Å². The SMILES string of the molecule is Cc1cc(Cl)cc(Cl)c1OCC(=O)Nc1cccc(C(F)(F)F)c1. The fourth-order valence-corrected chi connectivity index (χ4v) is 2.63. The van der Waals surface area contributed by atoms with E-state index in [0.29, 0.717) is 16.3 Å². The maximum absolute atomic E-state index is 12.6. The van der Waals surface area contributed by atoms with Crippen molar-refractivity contribution in [2.24, 2.45) is 0 Å². The Morgan fingerprint density at radius 1 is 1.21 bits per heavy atom. The number of anilines is 1. The Hall–Kier alpha value is -1.92. The van der Waals surface area contributed by atoms with Crippen LogP contribution in [-0.2, 0) is 11.0 Å². The van der Waals surface area contributed by atoms with Gasteiger partial charge in [0.05, 0.1) is 10.6 Å². The van der Waals surface area contributed by atoms with Gasteiger partial charge in [-0.05, 0) is 42.8 Å². The van der Waals surface area contributed by atoms with Crippen LogP contribution in [0.25, 0.3) is 0 Å². The Bertz CT molecular complexity index is 740. The fraction of sp³-hybridized carbons (Fsp3) is 0.188. The Morgan fingerprint density at radius 2 is 1.92 bits per heavy atom. The first-order valence-electron chi connectivity index (χ1n) is 6.72. The molecule has 1 N–H and O–H groups in total. The Morgan fingerprint density at radius 3 is 2.54 bits per heavy atom. The van der Waals surface area contributed by atoms with E-state index in [-0.39, 0.29) is 10.7 Å². The number of carbonyl (C=O) groups is 1. The Labute approximate surface area is 146 Å². The lowest BCUT2D eigenvalue weighted by molar-refractivity contribution is -0.137. The smallest absolute Gasteiger partial charge is 0.416 e. The van der Waals surface area contributed by atoms with Gasteiger partial charge in [-0.25, -0.2) is 0 Å². The molecule has 0 spiro atoms. The lowest BCUT2D eigenvalue weighted by Crippen LogP contribution is -2.20. The van der Waals surface area contributed by atoms with Gasteiger partial charge in [-0.2, -0.15) is 13.2 Å². The molecule has 24 heavy (non-hydrogen) atoms. The third kappa shape index (κ3) is 4.79. The monoisotopic (exact) mass is 377 g/mol. The molecular formula is C16H12Cl2F3NO2. The zero-order valence-electron chi connectivity index (χ0n) is 12.4. The highest BCUT2D eigenvalue weighted by Crippen LogP contribution is 2.32. The van der Waals surface area contributed by atoms with Crippen LogP contribution >= 0.6 is 23.2 Å². The molecule has 1 amide bonds. The molecule has 2 aromatic carbocycles. The number of hydrogen-bond donors (Lipinski definition) is 1. The van der Waals surface area contributed by atoms with E-state index in [9.17, 15) is 18.0 Å². The molecule has 2 aromatic rings. The van der Waals surface area contributed by atoms with Crippen LogP contribution in [0, 0.1) is 6.92 Å². The Kier molecular flexibility index (Phi) is 5.62. The van der Waals surface area contributed by atoms with Gasteiger partial charge in [0.15, 0.2) is 6.61 Å². The first-order valence-corrected chi connectivity index (χ1v) is 7.48. The van der Waals surface area contributed by atoms with E-state index in [1.165, 1.54) is 18.2 Å². The van der Waals surface area contributed by atoms with Crippen LogP contribution in [-0.4, -0.2) is 12.5 Å². The number of benzene rings is 2. The molecule has 0 saturated heterocycles. The van der Waals surface area contributed by atoms with Crippen LogP contribution in [0.1, 0.15) is 11.1 Å². The molecule has 3 nitrogen and oxygen atoms in total. The summed E-state index contributed by atoms with van der Waals surface area (Å²) in [5, 5.41) is 3.01. The number of hydrogen-bond acceptors (Lipinski definition) is 2. The van der Waals surface area contributed by atoms with Crippen molar-refractivity contribution in [2.75, 3.05) is 11.9 Å². The highest BCUT2D eigenvalue weighted by molar-refractivity contribution is 6.35. The van der Waals surface area contributed by atoms with Crippen molar-refractivity contribution >= 4 is 34.8 Å². The molecule has 2 rings (SSSR count). The van der Waals surface area contributed by atoms with Gasteiger partial charge < -0.3 is 10.1 Å². The van der Waals surface area contributed by atoms with Gasteiger partial charge in [0.2, 0.25) is 0 Å². The second kappa shape index (κ2) is 7.32. The summed E-state index contributed by atoms with van der Waals surface area (Å²) >= 11 is 11.8. The minimum atomic E-state index is -4.48.